The highest BCUT2D eigenvalue weighted by Gasteiger charge is 2.23. The van der Waals surface area contributed by atoms with Gasteiger partial charge in [-0.2, -0.15) is 4.31 Å². The van der Waals surface area contributed by atoms with Gasteiger partial charge in [0, 0.05) is 13.1 Å². The number of benzene rings is 1. The molecule has 0 aliphatic heterocycles. The lowest BCUT2D eigenvalue weighted by atomic mass is 10.3. The first-order valence-electron chi connectivity index (χ1n) is 6.36. The third kappa shape index (κ3) is 4.21. The molecule has 0 fully saturated rings. The number of rotatable bonds is 8. The van der Waals surface area contributed by atoms with Crippen LogP contribution in [0.2, 0.25) is 0 Å². The van der Waals surface area contributed by atoms with E-state index in [4.69, 9.17) is 9.84 Å². The lowest BCUT2D eigenvalue weighted by molar-refractivity contribution is -0.137. The van der Waals surface area contributed by atoms with Crippen molar-refractivity contribution in [3.63, 3.8) is 0 Å². The van der Waals surface area contributed by atoms with E-state index >= 15 is 0 Å². The minimum atomic E-state index is -3.66. The predicted octanol–water partition coefficient (Wildman–Crippen LogP) is 1.57. The van der Waals surface area contributed by atoms with Gasteiger partial charge in [0.25, 0.3) is 0 Å². The average Bonchev–Trinajstić information content (AvgIpc) is 2.40. The van der Waals surface area contributed by atoms with Crippen LogP contribution in [0.5, 0.6) is 5.75 Å². The summed E-state index contributed by atoms with van der Waals surface area (Å²) >= 11 is 0. The van der Waals surface area contributed by atoms with Gasteiger partial charge >= 0.3 is 5.97 Å². The summed E-state index contributed by atoms with van der Waals surface area (Å²) < 4.78 is 31.1. The molecule has 6 nitrogen and oxygen atoms in total. The molecular formula is C13H19NO5S. The van der Waals surface area contributed by atoms with Crippen LogP contribution in [-0.4, -0.2) is 43.5 Å². The van der Waals surface area contributed by atoms with Crippen LogP contribution in [0.15, 0.2) is 29.2 Å². The molecule has 0 saturated carbocycles. The number of carboxylic acids is 1. The first-order valence-corrected chi connectivity index (χ1v) is 7.80. The number of ether oxygens (including phenoxy) is 1. The Hall–Kier alpha value is -1.60. The summed E-state index contributed by atoms with van der Waals surface area (Å²) in [6.07, 6.45) is -0.218. The maximum Gasteiger partial charge on any atom is 0.304 e. The van der Waals surface area contributed by atoms with Crippen LogP contribution in [0.4, 0.5) is 0 Å². The number of hydrogen-bond acceptors (Lipinski definition) is 4. The normalized spacial score (nSPS) is 11.6. The van der Waals surface area contributed by atoms with Gasteiger partial charge in [-0.1, -0.05) is 6.92 Å². The van der Waals surface area contributed by atoms with Crippen LogP contribution < -0.4 is 4.74 Å². The summed E-state index contributed by atoms with van der Waals surface area (Å²) in [4.78, 5) is 10.7. The molecule has 20 heavy (non-hydrogen) atoms. The highest BCUT2D eigenvalue weighted by Crippen LogP contribution is 2.19. The Kier molecular flexibility index (Phi) is 5.97. The fourth-order valence-electron chi connectivity index (χ4n) is 1.69. The van der Waals surface area contributed by atoms with Crippen LogP contribution in [0.3, 0.4) is 0 Å². The topological polar surface area (TPSA) is 83.9 Å². The molecule has 0 atom stereocenters. The molecule has 0 unspecified atom stereocenters. The smallest absolute Gasteiger partial charge is 0.304 e. The monoisotopic (exact) mass is 301 g/mol. The van der Waals surface area contributed by atoms with Crippen molar-refractivity contribution in [3.05, 3.63) is 24.3 Å². The molecule has 0 saturated heterocycles. The zero-order chi connectivity index (χ0) is 15.2. The van der Waals surface area contributed by atoms with Crippen molar-refractivity contribution >= 4 is 16.0 Å². The molecule has 0 amide bonds. The highest BCUT2D eigenvalue weighted by molar-refractivity contribution is 7.89. The molecule has 0 heterocycles. The van der Waals surface area contributed by atoms with Gasteiger partial charge in [0.1, 0.15) is 5.75 Å². The molecule has 1 aromatic rings. The number of carboxylic acid groups (broad SMARTS) is 1. The Morgan fingerprint density at radius 3 is 2.30 bits per heavy atom. The molecular weight excluding hydrogens is 282 g/mol. The van der Waals surface area contributed by atoms with E-state index in [1.165, 1.54) is 12.1 Å². The van der Waals surface area contributed by atoms with Gasteiger partial charge in [-0.25, -0.2) is 8.42 Å². The Labute approximate surface area is 119 Å². The zero-order valence-corrected chi connectivity index (χ0v) is 12.4. The van der Waals surface area contributed by atoms with Crippen LogP contribution >= 0.6 is 0 Å². The molecule has 7 heteroatoms. The summed E-state index contributed by atoms with van der Waals surface area (Å²) in [6.45, 7) is 4.21. The lowest BCUT2D eigenvalue weighted by Crippen LogP contribution is -2.32. The Balaban J connectivity index is 2.92. The van der Waals surface area contributed by atoms with Gasteiger partial charge in [0.15, 0.2) is 0 Å². The average molecular weight is 301 g/mol. The predicted molar refractivity (Wildman–Crippen MR) is 74.3 cm³/mol. The maximum absolute atomic E-state index is 12.3. The van der Waals surface area contributed by atoms with Gasteiger partial charge < -0.3 is 9.84 Å². The molecule has 1 aromatic carbocycles. The maximum atomic E-state index is 12.3. The van der Waals surface area contributed by atoms with Crippen molar-refractivity contribution in [2.45, 2.75) is 25.2 Å². The minimum Gasteiger partial charge on any atom is -0.494 e. The number of carbonyl (C=O) groups is 1. The summed E-state index contributed by atoms with van der Waals surface area (Å²) in [5.41, 5.74) is 0. The largest absolute Gasteiger partial charge is 0.494 e. The molecule has 112 valence electrons. The molecule has 0 radical (unpaired) electrons. The Bertz CT molecular complexity index is 538. The molecule has 0 aliphatic carbocycles. The number of nitrogens with zero attached hydrogens (tertiary/aromatic N) is 1. The standard InChI is InChI=1S/C13H19NO5S/c1-3-14(10-9-13(15)16)20(17,18)12-7-5-11(6-8-12)19-4-2/h5-8H,3-4,9-10H2,1-2H3,(H,15,16). The van der Waals surface area contributed by atoms with Crippen molar-refractivity contribution < 1.29 is 23.1 Å². The SMILES string of the molecule is CCOc1ccc(S(=O)(=O)N(CC)CCC(=O)O)cc1. The van der Waals surface area contributed by atoms with E-state index in [0.717, 1.165) is 4.31 Å². The van der Waals surface area contributed by atoms with E-state index < -0.39 is 16.0 Å². The van der Waals surface area contributed by atoms with Crippen molar-refractivity contribution in [2.24, 2.45) is 0 Å². The van der Waals surface area contributed by atoms with Crippen LogP contribution in [0, 0.1) is 0 Å². The van der Waals surface area contributed by atoms with E-state index in [1.807, 2.05) is 6.92 Å². The number of sulfonamides is 1. The van der Waals surface area contributed by atoms with E-state index in [1.54, 1.807) is 19.1 Å². The van der Waals surface area contributed by atoms with Crippen LogP contribution in [0.1, 0.15) is 20.3 Å². The third-order valence-electron chi connectivity index (χ3n) is 2.70. The number of aliphatic carboxylic acids is 1. The fourth-order valence-corrected chi connectivity index (χ4v) is 3.14. The van der Waals surface area contributed by atoms with Crippen molar-refractivity contribution in [1.82, 2.24) is 4.31 Å². The first kappa shape index (κ1) is 16.5. The number of hydrogen-bond donors (Lipinski definition) is 1. The fraction of sp³-hybridized carbons (Fsp3) is 0.462. The Morgan fingerprint density at radius 1 is 1.25 bits per heavy atom. The summed E-state index contributed by atoms with van der Waals surface area (Å²) in [7, 11) is -3.66. The van der Waals surface area contributed by atoms with Crippen molar-refractivity contribution in [1.29, 1.82) is 0 Å². The Morgan fingerprint density at radius 2 is 1.85 bits per heavy atom. The van der Waals surface area contributed by atoms with E-state index in [9.17, 15) is 13.2 Å². The third-order valence-corrected chi connectivity index (χ3v) is 4.69. The minimum absolute atomic E-state index is 0.0403. The summed E-state index contributed by atoms with van der Waals surface area (Å²) in [6, 6.07) is 6.09. The zero-order valence-electron chi connectivity index (χ0n) is 11.6. The molecule has 0 aliphatic rings. The molecule has 0 aromatic heterocycles. The van der Waals surface area contributed by atoms with Gasteiger partial charge in [0.05, 0.1) is 17.9 Å². The summed E-state index contributed by atoms with van der Waals surface area (Å²) in [5.74, 6) is -0.426. The van der Waals surface area contributed by atoms with Crippen molar-refractivity contribution in [2.75, 3.05) is 19.7 Å². The quantitative estimate of drug-likeness (QED) is 0.788. The summed E-state index contributed by atoms with van der Waals surface area (Å²) in [5, 5.41) is 8.65. The van der Waals surface area contributed by atoms with Crippen LogP contribution in [-0.2, 0) is 14.8 Å². The van der Waals surface area contributed by atoms with Crippen molar-refractivity contribution in [3.8, 4) is 5.75 Å². The van der Waals surface area contributed by atoms with E-state index in [-0.39, 0.29) is 24.4 Å². The van der Waals surface area contributed by atoms with Gasteiger partial charge in [-0.15, -0.1) is 0 Å². The molecule has 1 rings (SSSR count). The lowest BCUT2D eigenvalue weighted by Gasteiger charge is -2.19. The molecule has 1 N–H and O–H groups in total. The van der Waals surface area contributed by atoms with E-state index in [0.29, 0.717) is 12.4 Å². The van der Waals surface area contributed by atoms with Gasteiger partial charge in [-0.05, 0) is 31.2 Å². The molecule has 0 spiro atoms. The van der Waals surface area contributed by atoms with Crippen LogP contribution in [0.25, 0.3) is 0 Å². The second-order valence-corrected chi connectivity index (χ2v) is 5.98. The second-order valence-electron chi connectivity index (χ2n) is 4.04. The highest BCUT2D eigenvalue weighted by atomic mass is 32.2. The van der Waals surface area contributed by atoms with Gasteiger partial charge in [0.2, 0.25) is 10.0 Å². The second kappa shape index (κ2) is 7.25. The molecule has 0 bridgehead atoms. The van der Waals surface area contributed by atoms with E-state index in [2.05, 4.69) is 0 Å². The van der Waals surface area contributed by atoms with Gasteiger partial charge in [-0.3, -0.25) is 4.79 Å². The first-order chi connectivity index (χ1) is 9.41.